The number of benzene rings is 2. The summed E-state index contributed by atoms with van der Waals surface area (Å²) in [6.07, 6.45) is 2.47. The number of aromatic amines is 1. The van der Waals surface area contributed by atoms with Crippen LogP contribution in [0.1, 0.15) is 21.5 Å². The van der Waals surface area contributed by atoms with Gasteiger partial charge in [0, 0.05) is 29.8 Å². The highest BCUT2D eigenvalue weighted by Gasteiger charge is 2.40. The molecule has 1 fully saturated rings. The topological polar surface area (TPSA) is 83.6 Å². The van der Waals surface area contributed by atoms with Crippen molar-refractivity contribution in [2.24, 2.45) is 0 Å². The summed E-state index contributed by atoms with van der Waals surface area (Å²) in [4.78, 5) is 16.0. The van der Waals surface area contributed by atoms with Crippen LogP contribution in [0.4, 0.5) is 0 Å². The lowest BCUT2D eigenvalue weighted by molar-refractivity contribution is -0.202. The predicted molar refractivity (Wildman–Crippen MR) is 106 cm³/mol. The molecule has 2 aromatic carbocycles. The number of H-pyrrole nitrogens is 1. The lowest BCUT2D eigenvalue weighted by Gasteiger charge is -2.40. The van der Waals surface area contributed by atoms with Crippen molar-refractivity contribution in [3.63, 3.8) is 0 Å². The maximum Gasteiger partial charge on any atom is 0.251 e. The third kappa shape index (κ3) is 3.42. The van der Waals surface area contributed by atoms with Crippen LogP contribution in [0.15, 0.2) is 54.7 Å². The molecule has 4 rings (SSSR count). The second-order valence-corrected chi connectivity index (χ2v) is 7.19. The van der Waals surface area contributed by atoms with E-state index in [1.54, 1.807) is 13.2 Å². The van der Waals surface area contributed by atoms with Crippen molar-refractivity contribution in [2.45, 2.75) is 18.1 Å². The lowest BCUT2D eigenvalue weighted by Crippen LogP contribution is -2.48. The van der Waals surface area contributed by atoms with Gasteiger partial charge in [0.1, 0.15) is 5.60 Å². The molecule has 1 unspecified atom stereocenters. The molecule has 0 bridgehead atoms. The summed E-state index contributed by atoms with van der Waals surface area (Å²) >= 11 is 0. The van der Waals surface area contributed by atoms with Gasteiger partial charge in [-0.1, -0.05) is 30.3 Å². The zero-order valence-electron chi connectivity index (χ0n) is 15.8. The van der Waals surface area contributed by atoms with E-state index in [4.69, 9.17) is 9.47 Å². The van der Waals surface area contributed by atoms with E-state index in [2.05, 4.69) is 10.3 Å². The first-order valence-electron chi connectivity index (χ1n) is 9.35. The number of ether oxygens (including phenoxy) is 2. The van der Waals surface area contributed by atoms with E-state index in [1.807, 2.05) is 48.7 Å². The van der Waals surface area contributed by atoms with E-state index in [9.17, 15) is 9.90 Å². The van der Waals surface area contributed by atoms with Crippen LogP contribution < -0.4 is 5.32 Å². The first kappa shape index (κ1) is 18.7. The largest absolute Gasteiger partial charge is 0.394 e. The van der Waals surface area contributed by atoms with Gasteiger partial charge >= 0.3 is 0 Å². The average molecular weight is 380 g/mol. The van der Waals surface area contributed by atoms with Gasteiger partial charge in [-0.15, -0.1) is 0 Å². The highest BCUT2D eigenvalue weighted by molar-refractivity contribution is 5.94. The molecule has 0 saturated carbocycles. The monoisotopic (exact) mass is 380 g/mol. The number of nitrogens with one attached hydrogen (secondary N) is 2. The molecule has 1 aliphatic rings. The Bertz CT molecular complexity index is 972. The Balaban J connectivity index is 1.49. The fourth-order valence-corrected chi connectivity index (χ4v) is 3.63. The minimum atomic E-state index is -0.475. The minimum absolute atomic E-state index is 0.138. The molecule has 6 nitrogen and oxygen atoms in total. The Morgan fingerprint density at radius 2 is 2.11 bits per heavy atom. The van der Waals surface area contributed by atoms with Crippen LogP contribution in [-0.2, 0) is 21.5 Å². The predicted octanol–water partition coefficient (Wildman–Crippen LogP) is 2.37. The number of amides is 1. The van der Waals surface area contributed by atoms with E-state index in [0.717, 1.165) is 22.0 Å². The van der Waals surface area contributed by atoms with Crippen molar-refractivity contribution >= 4 is 16.8 Å². The number of aliphatic hydroxyl groups is 1. The van der Waals surface area contributed by atoms with E-state index >= 15 is 0 Å². The summed E-state index contributed by atoms with van der Waals surface area (Å²) in [6.45, 7) is 0.823. The number of hydrogen-bond donors (Lipinski definition) is 3. The maximum atomic E-state index is 12.8. The van der Waals surface area contributed by atoms with Crippen molar-refractivity contribution < 1.29 is 19.4 Å². The molecule has 6 heteroatoms. The summed E-state index contributed by atoms with van der Waals surface area (Å²) in [5, 5.41) is 13.8. The lowest BCUT2D eigenvalue weighted by atomic mass is 9.90. The van der Waals surface area contributed by atoms with E-state index in [0.29, 0.717) is 25.2 Å². The first-order chi connectivity index (χ1) is 13.6. The number of aliphatic hydroxyl groups excluding tert-OH is 1. The van der Waals surface area contributed by atoms with Gasteiger partial charge in [-0.25, -0.2) is 0 Å². The molecular formula is C22H24N2O4. The van der Waals surface area contributed by atoms with Crippen LogP contribution in [0.3, 0.4) is 0 Å². The van der Waals surface area contributed by atoms with E-state index < -0.39 is 5.60 Å². The average Bonchev–Trinajstić information content (AvgIpc) is 3.10. The maximum absolute atomic E-state index is 12.8. The summed E-state index contributed by atoms with van der Waals surface area (Å²) in [5.74, 6) is -0.216. The smallest absolute Gasteiger partial charge is 0.251 e. The molecule has 1 aromatic heterocycles. The van der Waals surface area contributed by atoms with Crippen LogP contribution in [0.2, 0.25) is 0 Å². The van der Waals surface area contributed by atoms with E-state index in [-0.39, 0.29) is 18.6 Å². The number of carbonyl (C=O) groups is 1. The summed E-state index contributed by atoms with van der Waals surface area (Å²) in [6, 6.07) is 15.0. The molecule has 3 N–H and O–H groups in total. The number of para-hydroxylation sites is 1. The molecular weight excluding hydrogens is 356 g/mol. The highest BCUT2D eigenvalue weighted by atomic mass is 16.6. The van der Waals surface area contributed by atoms with Crippen LogP contribution in [0.5, 0.6) is 0 Å². The number of methoxy groups -OCH3 is 1. The number of hydrogen-bond acceptors (Lipinski definition) is 4. The highest BCUT2D eigenvalue weighted by Crippen LogP contribution is 2.33. The Morgan fingerprint density at radius 3 is 2.82 bits per heavy atom. The van der Waals surface area contributed by atoms with Crippen molar-refractivity contribution in [2.75, 3.05) is 26.9 Å². The normalized spacial score (nSPS) is 16.5. The van der Waals surface area contributed by atoms with Gasteiger partial charge in [0.05, 0.1) is 25.9 Å². The van der Waals surface area contributed by atoms with Gasteiger partial charge in [-0.3, -0.25) is 4.79 Å². The molecule has 1 atom stereocenters. The van der Waals surface area contributed by atoms with Crippen molar-refractivity contribution in [3.05, 3.63) is 71.4 Å². The second-order valence-electron chi connectivity index (χ2n) is 7.19. The first-order valence-corrected chi connectivity index (χ1v) is 9.35. The van der Waals surface area contributed by atoms with Gasteiger partial charge in [0.2, 0.25) is 0 Å². The third-order valence-electron chi connectivity index (χ3n) is 5.41. The standard InChI is InChI=1S/C22H24N2O4/c1-27-22(13-28-14-22)17-6-4-5-15(9-17)21(26)24-18(12-25)10-16-11-23-20-8-3-2-7-19(16)20/h2-9,11,18,23,25H,10,12-14H2,1H3,(H,24,26). The van der Waals surface area contributed by atoms with E-state index in [1.165, 1.54) is 0 Å². The van der Waals surface area contributed by atoms with Crippen molar-refractivity contribution in [1.29, 1.82) is 0 Å². The molecule has 28 heavy (non-hydrogen) atoms. The minimum Gasteiger partial charge on any atom is -0.394 e. The Kier molecular flexibility index (Phi) is 5.17. The Labute approximate surface area is 163 Å². The third-order valence-corrected chi connectivity index (χ3v) is 5.41. The molecule has 1 saturated heterocycles. The van der Waals surface area contributed by atoms with Gasteiger partial charge in [0.15, 0.2) is 0 Å². The molecule has 146 valence electrons. The van der Waals surface area contributed by atoms with Crippen molar-refractivity contribution in [1.82, 2.24) is 10.3 Å². The molecule has 0 radical (unpaired) electrons. The zero-order valence-corrected chi connectivity index (χ0v) is 15.8. The molecule has 2 heterocycles. The number of aromatic nitrogens is 1. The summed E-state index contributed by atoms with van der Waals surface area (Å²) in [7, 11) is 1.65. The van der Waals surface area contributed by atoms with Gasteiger partial charge in [-0.2, -0.15) is 0 Å². The fourth-order valence-electron chi connectivity index (χ4n) is 3.63. The zero-order chi connectivity index (χ0) is 19.6. The SMILES string of the molecule is COC1(c2cccc(C(=O)NC(CO)Cc3c[nH]c4ccccc34)c2)COC1. The van der Waals surface area contributed by atoms with Crippen LogP contribution in [-0.4, -0.2) is 49.0 Å². The Hall–Kier alpha value is -2.67. The molecule has 0 spiro atoms. The Morgan fingerprint density at radius 1 is 1.29 bits per heavy atom. The van der Waals surface area contributed by atoms with Crippen LogP contribution >= 0.6 is 0 Å². The number of rotatable bonds is 7. The van der Waals surface area contributed by atoms with Crippen molar-refractivity contribution in [3.8, 4) is 0 Å². The second kappa shape index (κ2) is 7.75. The number of fused-ring (bicyclic) bond motifs is 1. The fraction of sp³-hybridized carbons (Fsp3) is 0.318. The quantitative estimate of drug-likeness (QED) is 0.588. The molecule has 1 aliphatic heterocycles. The van der Waals surface area contributed by atoms with Crippen LogP contribution in [0.25, 0.3) is 10.9 Å². The summed E-state index contributed by atoms with van der Waals surface area (Å²) < 4.78 is 10.9. The van der Waals surface area contributed by atoms with Gasteiger partial charge in [0.25, 0.3) is 5.91 Å². The summed E-state index contributed by atoms with van der Waals surface area (Å²) in [5.41, 5.74) is 3.09. The molecule has 0 aliphatic carbocycles. The van der Waals surface area contributed by atoms with Gasteiger partial charge < -0.3 is 24.9 Å². The molecule has 1 amide bonds. The van der Waals surface area contributed by atoms with Crippen LogP contribution in [0, 0.1) is 0 Å². The molecule has 3 aromatic rings. The number of carbonyl (C=O) groups excluding carboxylic acids is 1. The van der Waals surface area contributed by atoms with Gasteiger partial charge in [-0.05, 0) is 35.7 Å².